The average Bonchev–Trinajstić information content (AvgIpc) is 2.02. The molecular formula is C6H16NO2P3. The van der Waals surface area contributed by atoms with Crippen molar-refractivity contribution in [2.45, 2.75) is 6.92 Å². The summed E-state index contributed by atoms with van der Waals surface area (Å²) in [6.07, 6.45) is 1.80. The number of aliphatic hydroxyl groups excluding tert-OH is 1. The van der Waals surface area contributed by atoms with Crippen LogP contribution in [0.3, 0.4) is 0 Å². The highest BCUT2D eigenvalue weighted by Gasteiger charge is 1.98. The van der Waals surface area contributed by atoms with Crippen LogP contribution in [0.25, 0.3) is 0 Å². The lowest BCUT2D eigenvalue weighted by atomic mass is 10.3. The minimum Gasteiger partial charge on any atom is -0.392 e. The minimum atomic E-state index is -0.274. The SMILES string of the molecule is COPP(P)NC/C(C)=C\CO. The van der Waals surface area contributed by atoms with Crippen molar-refractivity contribution in [1.82, 2.24) is 5.09 Å². The van der Waals surface area contributed by atoms with E-state index in [9.17, 15) is 0 Å². The summed E-state index contributed by atoms with van der Waals surface area (Å²) >= 11 is 0. The van der Waals surface area contributed by atoms with Crippen LogP contribution >= 0.6 is 24.9 Å². The molecule has 0 amide bonds. The Kier molecular flexibility index (Phi) is 9.15. The molecule has 0 aromatic carbocycles. The van der Waals surface area contributed by atoms with Gasteiger partial charge in [-0.15, -0.1) is 0 Å². The molecule has 0 aliphatic carbocycles. The highest BCUT2D eigenvalue weighted by molar-refractivity contribution is 8.45. The normalized spacial score (nSPS) is 15.8. The van der Waals surface area contributed by atoms with Gasteiger partial charge >= 0.3 is 0 Å². The summed E-state index contributed by atoms with van der Waals surface area (Å²) < 4.78 is 5.00. The summed E-state index contributed by atoms with van der Waals surface area (Å²) in [5.74, 6) is 0. The first-order valence-corrected chi connectivity index (χ1v) is 8.25. The van der Waals surface area contributed by atoms with Crippen molar-refractivity contribution in [2.24, 2.45) is 0 Å². The van der Waals surface area contributed by atoms with Gasteiger partial charge in [-0.05, 0) is 6.92 Å². The van der Waals surface area contributed by atoms with Crippen molar-refractivity contribution in [3.05, 3.63) is 11.6 Å². The van der Waals surface area contributed by atoms with Gasteiger partial charge in [0.2, 0.25) is 0 Å². The van der Waals surface area contributed by atoms with Crippen LogP contribution in [0.2, 0.25) is 0 Å². The second-order valence-corrected chi connectivity index (χ2v) is 8.97. The number of hydrogen-bond acceptors (Lipinski definition) is 3. The summed E-state index contributed by atoms with van der Waals surface area (Å²) in [4.78, 5) is 0. The first kappa shape index (κ1) is 12.9. The van der Waals surface area contributed by atoms with Crippen LogP contribution in [-0.2, 0) is 4.52 Å². The highest BCUT2D eigenvalue weighted by Crippen LogP contribution is 2.58. The molecule has 0 heterocycles. The molecule has 3 nitrogen and oxygen atoms in total. The minimum absolute atomic E-state index is 0.120. The van der Waals surface area contributed by atoms with Gasteiger partial charge in [0.05, 0.1) is 15.1 Å². The van der Waals surface area contributed by atoms with Gasteiger partial charge in [-0.25, -0.2) is 0 Å². The molecule has 0 aromatic rings. The monoisotopic (exact) mass is 227 g/mol. The highest BCUT2D eigenvalue weighted by atomic mass is 32.4. The fourth-order valence-electron chi connectivity index (χ4n) is 0.569. The number of aliphatic hydroxyl groups is 1. The molecule has 0 aromatic heterocycles. The van der Waals surface area contributed by atoms with E-state index in [0.29, 0.717) is 8.50 Å². The molecule has 12 heavy (non-hydrogen) atoms. The van der Waals surface area contributed by atoms with E-state index in [2.05, 4.69) is 14.0 Å². The summed E-state index contributed by atoms with van der Waals surface area (Å²) in [6, 6.07) is 0. The van der Waals surface area contributed by atoms with Crippen LogP contribution in [0.4, 0.5) is 0 Å². The Hall–Kier alpha value is 0.910. The smallest absolute Gasteiger partial charge is 0.0615 e. The van der Waals surface area contributed by atoms with Crippen LogP contribution < -0.4 is 5.09 Å². The Morgan fingerprint density at radius 1 is 1.83 bits per heavy atom. The van der Waals surface area contributed by atoms with Crippen molar-refractivity contribution in [3.8, 4) is 0 Å². The first-order chi connectivity index (χ1) is 5.70. The van der Waals surface area contributed by atoms with Crippen LogP contribution in [0.1, 0.15) is 6.92 Å². The van der Waals surface area contributed by atoms with E-state index in [4.69, 9.17) is 9.63 Å². The maximum absolute atomic E-state index is 8.58. The third kappa shape index (κ3) is 7.55. The van der Waals surface area contributed by atoms with E-state index < -0.39 is 0 Å². The Morgan fingerprint density at radius 3 is 3.00 bits per heavy atom. The summed E-state index contributed by atoms with van der Waals surface area (Å²) in [5.41, 5.74) is 1.16. The molecule has 72 valence electrons. The van der Waals surface area contributed by atoms with Crippen LogP contribution in [0.5, 0.6) is 0 Å². The van der Waals surface area contributed by atoms with E-state index >= 15 is 0 Å². The van der Waals surface area contributed by atoms with Gasteiger partial charge in [0, 0.05) is 21.1 Å². The molecule has 0 saturated heterocycles. The number of rotatable bonds is 6. The van der Waals surface area contributed by atoms with Gasteiger partial charge in [-0.1, -0.05) is 20.6 Å². The van der Waals surface area contributed by atoms with Crippen LogP contribution in [0.15, 0.2) is 11.6 Å². The Labute approximate surface area is 79.0 Å². The Balaban J connectivity index is 3.46. The quantitative estimate of drug-likeness (QED) is 0.537. The van der Waals surface area contributed by atoms with E-state index in [1.807, 2.05) is 6.92 Å². The van der Waals surface area contributed by atoms with E-state index in [1.54, 1.807) is 13.2 Å². The van der Waals surface area contributed by atoms with Crippen molar-refractivity contribution in [3.63, 3.8) is 0 Å². The zero-order valence-corrected chi connectivity index (χ0v) is 10.4. The van der Waals surface area contributed by atoms with Gasteiger partial charge < -0.3 is 9.63 Å². The zero-order chi connectivity index (χ0) is 9.40. The summed E-state index contributed by atoms with van der Waals surface area (Å²) in [7, 11) is 4.68. The second-order valence-electron chi connectivity index (χ2n) is 2.23. The summed E-state index contributed by atoms with van der Waals surface area (Å²) in [6.45, 7) is 2.94. The van der Waals surface area contributed by atoms with Crippen LogP contribution in [-0.4, -0.2) is 25.4 Å². The molecule has 0 spiro atoms. The predicted molar refractivity (Wildman–Crippen MR) is 60.8 cm³/mol. The predicted octanol–water partition coefficient (Wildman–Crippen LogP) is 1.86. The third-order valence-corrected chi connectivity index (χ3v) is 5.14. The van der Waals surface area contributed by atoms with Crippen molar-refractivity contribution >= 4 is 24.9 Å². The lowest BCUT2D eigenvalue weighted by molar-refractivity contribution is 0.341. The van der Waals surface area contributed by atoms with Crippen molar-refractivity contribution in [1.29, 1.82) is 0 Å². The first-order valence-electron chi connectivity index (χ1n) is 3.54. The van der Waals surface area contributed by atoms with Gasteiger partial charge in [-0.2, -0.15) is 0 Å². The molecule has 0 bridgehead atoms. The molecule has 3 unspecified atom stereocenters. The Morgan fingerprint density at radius 2 is 2.50 bits per heavy atom. The average molecular weight is 227 g/mol. The van der Waals surface area contributed by atoms with Crippen LogP contribution in [0, 0.1) is 0 Å². The van der Waals surface area contributed by atoms with Crippen molar-refractivity contribution < 1.29 is 9.63 Å². The standard InChI is InChI=1S/C6H16NO2P3/c1-6(3-4-8)5-7-12(10)11-9-2/h3,7-8,11H,4-5,10H2,1-2H3/b6-3-. The molecule has 0 aliphatic rings. The summed E-state index contributed by atoms with van der Waals surface area (Å²) in [5, 5.41) is 11.9. The van der Waals surface area contributed by atoms with Gasteiger partial charge in [0.25, 0.3) is 0 Å². The third-order valence-electron chi connectivity index (χ3n) is 1.16. The lowest BCUT2D eigenvalue weighted by Gasteiger charge is -2.11. The number of nitrogens with one attached hydrogen (secondary N) is 1. The lowest BCUT2D eigenvalue weighted by Crippen LogP contribution is -2.05. The molecule has 0 saturated carbocycles. The van der Waals surface area contributed by atoms with Gasteiger partial charge in [0.1, 0.15) is 0 Å². The maximum Gasteiger partial charge on any atom is 0.0615 e. The molecule has 6 heteroatoms. The van der Waals surface area contributed by atoms with Crippen molar-refractivity contribution in [2.75, 3.05) is 20.3 Å². The molecule has 0 radical (unpaired) electrons. The molecule has 3 atom stereocenters. The fraction of sp³-hybridized carbons (Fsp3) is 0.667. The molecule has 0 rings (SSSR count). The maximum atomic E-state index is 8.58. The molecule has 2 N–H and O–H groups in total. The van der Waals surface area contributed by atoms with E-state index in [0.717, 1.165) is 12.1 Å². The number of hydrogen-bond donors (Lipinski definition) is 2. The second kappa shape index (κ2) is 8.51. The zero-order valence-electron chi connectivity index (χ0n) is 7.37. The van der Waals surface area contributed by atoms with E-state index in [1.165, 1.54) is 0 Å². The fourth-order valence-corrected chi connectivity index (χ4v) is 3.49. The largest absolute Gasteiger partial charge is 0.392 e. The van der Waals surface area contributed by atoms with E-state index in [-0.39, 0.29) is 14.1 Å². The van der Waals surface area contributed by atoms with Gasteiger partial charge in [0.15, 0.2) is 0 Å². The molecule has 0 aliphatic heterocycles. The Bertz CT molecular complexity index is 143. The topological polar surface area (TPSA) is 41.5 Å². The molecule has 0 fully saturated rings. The van der Waals surface area contributed by atoms with Gasteiger partial charge in [-0.3, -0.25) is 5.09 Å². The molecular weight excluding hydrogens is 211 g/mol.